The lowest BCUT2D eigenvalue weighted by molar-refractivity contribution is -0.0755. The van der Waals surface area contributed by atoms with Gasteiger partial charge in [-0.3, -0.25) is 9.80 Å². The molecule has 4 nitrogen and oxygen atoms in total. The van der Waals surface area contributed by atoms with Gasteiger partial charge in [0.25, 0.3) is 0 Å². The summed E-state index contributed by atoms with van der Waals surface area (Å²) in [4.78, 5) is 5.10. The highest BCUT2D eigenvalue weighted by Crippen LogP contribution is 2.13. The molecule has 0 amide bonds. The molecular weight excluding hydrogens is 240 g/mol. The van der Waals surface area contributed by atoms with Crippen LogP contribution in [0.2, 0.25) is 0 Å². The number of nitrogens with zero attached hydrogens (tertiary/aromatic N) is 2. The lowest BCUT2D eigenvalue weighted by Crippen LogP contribution is -2.48. The van der Waals surface area contributed by atoms with E-state index in [0.717, 1.165) is 26.2 Å². The largest absolute Gasteiger partial charge is 0.373 e. The van der Waals surface area contributed by atoms with Gasteiger partial charge >= 0.3 is 0 Å². The highest BCUT2D eigenvalue weighted by atomic mass is 16.5. The van der Waals surface area contributed by atoms with Crippen molar-refractivity contribution in [1.82, 2.24) is 9.80 Å². The van der Waals surface area contributed by atoms with E-state index < -0.39 is 0 Å². The molecule has 2 heterocycles. The molecule has 19 heavy (non-hydrogen) atoms. The van der Waals surface area contributed by atoms with Gasteiger partial charge in [0.15, 0.2) is 0 Å². The molecule has 0 N–H and O–H groups in total. The van der Waals surface area contributed by atoms with E-state index in [9.17, 15) is 0 Å². The van der Waals surface area contributed by atoms with Crippen molar-refractivity contribution >= 4 is 0 Å². The third-order valence-corrected chi connectivity index (χ3v) is 3.94. The molecule has 2 saturated heterocycles. The zero-order valence-electron chi connectivity index (χ0n) is 13.0. The van der Waals surface area contributed by atoms with Crippen LogP contribution in [-0.4, -0.2) is 73.5 Å². The third-order valence-electron chi connectivity index (χ3n) is 3.94. The number of morpholine rings is 2. The summed E-state index contributed by atoms with van der Waals surface area (Å²) in [6, 6.07) is 0. The van der Waals surface area contributed by atoms with Gasteiger partial charge in [0, 0.05) is 26.2 Å². The number of hydrogen-bond acceptors (Lipinski definition) is 4. The van der Waals surface area contributed by atoms with Crippen LogP contribution >= 0.6 is 0 Å². The van der Waals surface area contributed by atoms with E-state index in [1.54, 1.807) is 0 Å². The van der Waals surface area contributed by atoms with Crippen LogP contribution in [-0.2, 0) is 9.47 Å². The number of hydrogen-bond donors (Lipinski definition) is 0. The molecule has 4 unspecified atom stereocenters. The first kappa shape index (κ1) is 15.2. The van der Waals surface area contributed by atoms with Gasteiger partial charge in [0.05, 0.1) is 24.4 Å². The van der Waals surface area contributed by atoms with Crippen molar-refractivity contribution in [3.8, 4) is 0 Å². The van der Waals surface area contributed by atoms with E-state index in [1.807, 2.05) is 0 Å². The van der Waals surface area contributed by atoms with E-state index in [1.165, 1.54) is 19.5 Å². The fourth-order valence-electron chi connectivity index (χ4n) is 3.45. The van der Waals surface area contributed by atoms with Gasteiger partial charge in [-0.2, -0.15) is 0 Å². The van der Waals surface area contributed by atoms with Crippen molar-refractivity contribution in [2.75, 3.05) is 39.3 Å². The monoisotopic (exact) mass is 270 g/mol. The van der Waals surface area contributed by atoms with Crippen molar-refractivity contribution in [2.45, 2.75) is 58.5 Å². The summed E-state index contributed by atoms with van der Waals surface area (Å²) >= 11 is 0. The van der Waals surface area contributed by atoms with Crippen LogP contribution in [0.5, 0.6) is 0 Å². The number of rotatable bonds is 4. The zero-order chi connectivity index (χ0) is 13.8. The first-order valence-corrected chi connectivity index (χ1v) is 7.78. The molecular formula is C15H30N2O2. The minimum atomic E-state index is 0.382. The molecule has 0 aromatic carbocycles. The van der Waals surface area contributed by atoms with Gasteiger partial charge in [-0.25, -0.2) is 0 Å². The normalized spacial score (nSPS) is 38.5. The second-order valence-corrected chi connectivity index (χ2v) is 6.39. The molecule has 0 spiro atoms. The van der Waals surface area contributed by atoms with Crippen molar-refractivity contribution in [3.05, 3.63) is 0 Å². The van der Waals surface area contributed by atoms with Crippen molar-refractivity contribution in [3.63, 3.8) is 0 Å². The quantitative estimate of drug-likeness (QED) is 0.774. The van der Waals surface area contributed by atoms with Gasteiger partial charge in [-0.05, 0) is 47.2 Å². The van der Waals surface area contributed by atoms with Crippen LogP contribution in [0.25, 0.3) is 0 Å². The summed E-state index contributed by atoms with van der Waals surface area (Å²) in [6.07, 6.45) is 2.78. The van der Waals surface area contributed by atoms with E-state index in [-0.39, 0.29) is 0 Å². The molecule has 0 bridgehead atoms. The molecule has 112 valence electrons. The molecule has 2 rings (SSSR count). The molecule has 0 radical (unpaired) electrons. The van der Waals surface area contributed by atoms with Crippen molar-refractivity contribution < 1.29 is 9.47 Å². The van der Waals surface area contributed by atoms with Crippen molar-refractivity contribution in [1.29, 1.82) is 0 Å². The standard InChI is InChI=1S/C15H30N2O2/c1-12-8-16(9-13(2)18-12)6-5-7-17-10-14(3)19-15(4)11-17/h12-15H,5-11H2,1-4H3. The topological polar surface area (TPSA) is 24.9 Å². The molecule has 2 aliphatic rings. The molecule has 0 aromatic heterocycles. The molecule has 2 fully saturated rings. The van der Waals surface area contributed by atoms with Crippen LogP contribution in [0.1, 0.15) is 34.1 Å². The van der Waals surface area contributed by atoms with Gasteiger partial charge in [0.2, 0.25) is 0 Å². The van der Waals surface area contributed by atoms with Crippen LogP contribution in [0.4, 0.5) is 0 Å². The molecule has 0 saturated carbocycles. The summed E-state index contributed by atoms with van der Waals surface area (Å²) in [7, 11) is 0. The van der Waals surface area contributed by atoms with E-state index >= 15 is 0 Å². The maximum absolute atomic E-state index is 5.77. The van der Waals surface area contributed by atoms with Gasteiger partial charge < -0.3 is 9.47 Å². The summed E-state index contributed by atoms with van der Waals surface area (Å²) in [6.45, 7) is 15.4. The predicted molar refractivity (Wildman–Crippen MR) is 77.5 cm³/mol. The average Bonchev–Trinajstić information content (AvgIpc) is 2.26. The minimum Gasteiger partial charge on any atom is -0.373 e. The zero-order valence-corrected chi connectivity index (χ0v) is 13.0. The second-order valence-electron chi connectivity index (χ2n) is 6.39. The summed E-state index contributed by atoms with van der Waals surface area (Å²) in [5.74, 6) is 0. The Hall–Kier alpha value is -0.160. The Morgan fingerprint density at radius 3 is 1.32 bits per heavy atom. The Balaban J connectivity index is 1.65. The highest BCUT2D eigenvalue weighted by molar-refractivity contribution is 4.76. The van der Waals surface area contributed by atoms with Crippen LogP contribution < -0.4 is 0 Å². The third kappa shape index (κ3) is 5.03. The van der Waals surface area contributed by atoms with Gasteiger partial charge in [-0.1, -0.05) is 0 Å². The Morgan fingerprint density at radius 1 is 0.684 bits per heavy atom. The van der Waals surface area contributed by atoms with Crippen LogP contribution in [0.3, 0.4) is 0 Å². The Bertz CT molecular complexity index is 229. The summed E-state index contributed by atoms with van der Waals surface area (Å²) in [5.41, 5.74) is 0. The Labute approximate surface area is 118 Å². The van der Waals surface area contributed by atoms with Crippen LogP contribution in [0, 0.1) is 0 Å². The van der Waals surface area contributed by atoms with E-state index in [2.05, 4.69) is 37.5 Å². The van der Waals surface area contributed by atoms with Crippen LogP contribution in [0.15, 0.2) is 0 Å². The predicted octanol–water partition coefficient (Wildman–Crippen LogP) is 1.59. The maximum atomic E-state index is 5.77. The molecule has 4 atom stereocenters. The lowest BCUT2D eigenvalue weighted by atomic mass is 10.2. The summed E-state index contributed by atoms with van der Waals surface area (Å²) in [5, 5.41) is 0. The average molecular weight is 270 g/mol. The molecule has 0 aliphatic carbocycles. The van der Waals surface area contributed by atoms with Gasteiger partial charge in [0.1, 0.15) is 0 Å². The molecule has 4 heteroatoms. The number of ether oxygens (including phenoxy) is 2. The Morgan fingerprint density at radius 2 is 1.00 bits per heavy atom. The minimum absolute atomic E-state index is 0.382. The lowest BCUT2D eigenvalue weighted by Gasteiger charge is -2.37. The van der Waals surface area contributed by atoms with E-state index in [4.69, 9.17) is 9.47 Å². The van der Waals surface area contributed by atoms with Crippen molar-refractivity contribution in [2.24, 2.45) is 0 Å². The molecule has 0 aromatic rings. The SMILES string of the molecule is CC1CN(CCCN2CC(C)OC(C)C2)CC(C)O1. The van der Waals surface area contributed by atoms with E-state index in [0.29, 0.717) is 24.4 Å². The maximum Gasteiger partial charge on any atom is 0.0678 e. The summed E-state index contributed by atoms with van der Waals surface area (Å²) < 4.78 is 11.5. The smallest absolute Gasteiger partial charge is 0.0678 e. The fraction of sp³-hybridized carbons (Fsp3) is 1.00. The second kappa shape index (κ2) is 7.02. The Kier molecular flexibility index (Phi) is 5.63. The first-order valence-electron chi connectivity index (χ1n) is 7.78. The highest BCUT2D eigenvalue weighted by Gasteiger charge is 2.24. The first-order chi connectivity index (χ1) is 9.02. The fourth-order valence-corrected chi connectivity index (χ4v) is 3.45. The molecule has 2 aliphatic heterocycles. The van der Waals surface area contributed by atoms with Gasteiger partial charge in [-0.15, -0.1) is 0 Å².